The number of hydrogen-bond donors (Lipinski definition) is 2. The Kier molecular flexibility index (Phi) is 10.1. The van der Waals surface area contributed by atoms with Gasteiger partial charge in [-0.25, -0.2) is 13.0 Å². The van der Waals surface area contributed by atoms with Crippen molar-refractivity contribution in [3.8, 4) is 5.75 Å². The van der Waals surface area contributed by atoms with E-state index in [1.165, 1.54) is 6.08 Å². The lowest BCUT2D eigenvalue weighted by Crippen LogP contribution is -2.27. The molecule has 2 N–H and O–H groups in total. The summed E-state index contributed by atoms with van der Waals surface area (Å²) in [5, 5.41) is 2.10. The van der Waals surface area contributed by atoms with E-state index in [1.54, 1.807) is 6.92 Å². The van der Waals surface area contributed by atoms with Crippen LogP contribution in [-0.4, -0.2) is 29.9 Å². The lowest BCUT2D eigenvalue weighted by atomic mass is 10.0. The molecule has 4 bridgehead atoms. The second kappa shape index (κ2) is 12.6. The number of benzene rings is 2. The monoisotopic (exact) mass is 534 g/mol. The van der Waals surface area contributed by atoms with Gasteiger partial charge >= 0.3 is 6.61 Å². The first-order valence-electron chi connectivity index (χ1n) is 10.3. The van der Waals surface area contributed by atoms with E-state index < -0.39 is 56.5 Å². The lowest BCUT2D eigenvalue weighted by molar-refractivity contribution is -0.0516. The maximum absolute atomic E-state index is 14.5. The molecule has 2 aromatic carbocycles. The summed E-state index contributed by atoms with van der Waals surface area (Å²) in [6, 6.07) is 3.67. The molecule has 1 aliphatic heterocycles. The largest absolute Gasteiger partial charge is 0.492 e. The van der Waals surface area contributed by atoms with Crippen LogP contribution < -0.4 is 14.8 Å². The molecule has 1 heterocycles. The number of carbonyl (C=O) groups is 1. The second-order valence-corrected chi connectivity index (χ2v) is 8.17. The van der Waals surface area contributed by atoms with Crippen LogP contribution in [0.25, 0.3) is 5.57 Å². The molecule has 6 nitrogen and oxygen atoms in total. The predicted molar refractivity (Wildman–Crippen MR) is 127 cm³/mol. The van der Waals surface area contributed by atoms with E-state index >= 15 is 0 Å². The van der Waals surface area contributed by atoms with Crippen LogP contribution in [0.4, 0.5) is 23.2 Å². The van der Waals surface area contributed by atoms with Crippen LogP contribution in [0.5, 0.6) is 5.75 Å². The van der Waals surface area contributed by atoms with Gasteiger partial charge in [0.25, 0.3) is 5.91 Å². The molecular formula is C23H23ClF4N2O4S. The number of rotatable bonds is 2. The minimum atomic E-state index is -3.32. The SMILES string of the molecule is C=C1OCCNC(=O)c2cc(Cl)c(OC(F)F)c(c2)S(=O)Nc2cc(c(F)cc2F)/C1=C/C.CC. The van der Waals surface area contributed by atoms with Gasteiger partial charge in [-0.2, -0.15) is 8.78 Å². The maximum atomic E-state index is 14.5. The van der Waals surface area contributed by atoms with Crippen LogP contribution in [0.2, 0.25) is 5.02 Å². The third kappa shape index (κ3) is 6.76. The Hall–Kier alpha value is -3.05. The molecule has 1 atom stereocenters. The Bertz CT molecular complexity index is 1170. The van der Waals surface area contributed by atoms with Crippen molar-refractivity contribution in [1.29, 1.82) is 0 Å². The number of halogens is 5. The Morgan fingerprint density at radius 3 is 2.51 bits per heavy atom. The minimum Gasteiger partial charge on any atom is -0.492 e. The number of allylic oxidation sites excluding steroid dienone is 2. The lowest BCUT2D eigenvalue weighted by Gasteiger charge is -2.16. The molecule has 0 saturated carbocycles. The number of hydrogen-bond acceptors (Lipinski definition) is 4. The van der Waals surface area contributed by atoms with Crippen molar-refractivity contribution in [2.24, 2.45) is 0 Å². The van der Waals surface area contributed by atoms with E-state index in [0.29, 0.717) is 6.07 Å². The van der Waals surface area contributed by atoms with Crippen LogP contribution in [0.3, 0.4) is 0 Å². The standard InChI is InChI=1S/C21H17ClF4N2O4S.C2H6/c1-3-12-10(2)31-5-4-27-20(29)11-6-14(22)19(32-21(25)26)18(7-11)33(30)28-17-8-13(12)15(23)9-16(17)24;1-2/h3,6-9,21,28H,2,4-5H2,1H3,(H,27,29);1-2H3/b12-3+;. The molecule has 190 valence electrons. The summed E-state index contributed by atoms with van der Waals surface area (Å²) in [6.45, 7) is 5.94. The summed E-state index contributed by atoms with van der Waals surface area (Å²) < 4.78 is 80.0. The number of anilines is 1. The normalized spacial score (nSPS) is 17.3. The summed E-state index contributed by atoms with van der Waals surface area (Å²) in [6.07, 6.45) is 1.48. The molecular weight excluding hydrogens is 512 g/mol. The van der Waals surface area contributed by atoms with Crippen LogP contribution in [0.15, 0.2) is 47.6 Å². The van der Waals surface area contributed by atoms with E-state index in [0.717, 1.165) is 18.2 Å². The van der Waals surface area contributed by atoms with Gasteiger partial charge in [0.2, 0.25) is 0 Å². The third-order valence-corrected chi connectivity index (χ3v) is 5.87. The van der Waals surface area contributed by atoms with Gasteiger partial charge in [0.05, 0.1) is 17.3 Å². The number of fused-ring (bicyclic) bond motifs is 4. The number of nitrogens with one attached hydrogen (secondary N) is 2. The van der Waals surface area contributed by atoms with Crippen molar-refractivity contribution in [3.63, 3.8) is 0 Å². The van der Waals surface area contributed by atoms with Crippen LogP contribution in [-0.2, 0) is 15.7 Å². The molecule has 0 saturated heterocycles. The maximum Gasteiger partial charge on any atom is 0.387 e. The fraction of sp³-hybridized carbons (Fsp3) is 0.261. The Balaban J connectivity index is 0.00000210. The number of alkyl halides is 2. The van der Waals surface area contributed by atoms with Crippen molar-refractivity contribution in [2.45, 2.75) is 32.3 Å². The van der Waals surface area contributed by atoms with Gasteiger partial charge in [-0.1, -0.05) is 38.1 Å². The molecule has 0 radical (unpaired) electrons. The minimum absolute atomic E-state index is 0.00439. The number of carbonyl (C=O) groups excluding carboxylic acids is 1. The summed E-state index contributed by atoms with van der Waals surface area (Å²) >= 11 is 6.01. The first-order chi connectivity index (χ1) is 16.6. The van der Waals surface area contributed by atoms with Gasteiger partial charge in [-0.15, -0.1) is 0 Å². The van der Waals surface area contributed by atoms with E-state index in [4.69, 9.17) is 16.3 Å². The summed E-state index contributed by atoms with van der Waals surface area (Å²) in [5.41, 5.74) is -0.457. The van der Waals surface area contributed by atoms with Crippen molar-refractivity contribution >= 4 is 39.8 Å². The molecule has 1 aliphatic rings. The number of ether oxygens (including phenoxy) is 2. The predicted octanol–water partition coefficient (Wildman–Crippen LogP) is 6.06. The molecule has 1 amide bonds. The highest BCUT2D eigenvalue weighted by molar-refractivity contribution is 7.86. The Morgan fingerprint density at radius 2 is 1.89 bits per heavy atom. The van der Waals surface area contributed by atoms with Gasteiger partial charge < -0.3 is 14.8 Å². The van der Waals surface area contributed by atoms with E-state index in [2.05, 4.69) is 21.4 Å². The highest BCUT2D eigenvalue weighted by atomic mass is 35.5. The van der Waals surface area contributed by atoms with Crippen LogP contribution in [0, 0.1) is 11.6 Å². The van der Waals surface area contributed by atoms with Gasteiger partial charge in [0.15, 0.2) is 16.7 Å². The topological polar surface area (TPSA) is 76.7 Å². The van der Waals surface area contributed by atoms with E-state index in [1.807, 2.05) is 13.8 Å². The van der Waals surface area contributed by atoms with Crippen molar-refractivity contribution in [1.82, 2.24) is 5.32 Å². The molecule has 1 unspecified atom stereocenters. The highest BCUT2D eigenvalue weighted by Crippen LogP contribution is 2.36. The van der Waals surface area contributed by atoms with Gasteiger partial charge in [-0.05, 0) is 25.1 Å². The van der Waals surface area contributed by atoms with Gasteiger partial charge in [0, 0.05) is 22.8 Å². The van der Waals surface area contributed by atoms with Crippen molar-refractivity contribution < 1.29 is 36.0 Å². The fourth-order valence-corrected chi connectivity index (χ4v) is 4.36. The third-order valence-electron chi connectivity index (χ3n) is 4.48. The summed E-state index contributed by atoms with van der Waals surface area (Å²) in [5.74, 6) is -3.33. The molecule has 0 fully saturated rings. The molecule has 2 aromatic rings. The smallest absolute Gasteiger partial charge is 0.387 e. The fourth-order valence-electron chi connectivity index (χ4n) is 3.01. The average Bonchev–Trinajstić information content (AvgIpc) is 2.81. The molecule has 0 aromatic heterocycles. The zero-order chi connectivity index (χ0) is 26.3. The van der Waals surface area contributed by atoms with E-state index in [-0.39, 0.29) is 35.6 Å². The van der Waals surface area contributed by atoms with Crippen LogP contribution >= 0.6 is 11.6 Å². The average molecular weight is 535 g/mol. The van der Waals surface area contributed by atoms with Crippen molar-refractivity contribution in [2.75, 3.05) is 17.9 Å². The summed E-state index contributed by atoms with van der Waals surface area (Å²) in [4.78, 5) is 12.0. The van der Waals surface area contributed by atoms with Gasteiger partial charge in [-0.3, -0.25) is 9.52 Å². The first-order valence-corrected chi connectivity index (χ1v) is 11.9. The Labute approximate surface area is 207 Å². The van der Waals surface area contributed by atoms with E-state index in [9.17, 15) is 26.6 Å². The van der Waals surface area contributed by atoms with Crippen molar-refractivity contribution in [3.05, 3.63) is 70.5 Å². The highest BCUT2D eigenvalue weighted by Gasteiger charge is 2.24. The quantitative estimate of drug-likeness (QED) is 0.459. The molecule has 3 rings (SSSR count). The molecule has 35 heavy (non-hydrogen) atoms. The number of amides is 1. The van der Waals surface area contributed by atoms with Crippen LogP contribution in [0.1, 0.15) is 36.7 Å². The molecule has 0 spiro atoms. The second-order valence-electron chi connectivity index (χ2n) is 6.58. The first kappa shape index (κ1) is 28.2. The zero-order valence-electron chi connectivity index (χ0n) is 19.0. The molecule has 0 aliphatic carbocycles. The Morgan fingerprint density at radius 1 is 1.20 bits per heavy atom. The zero-order valence-corrected chi connectivity index (χ0v) is 20.6. The molecule has 12 heteroatoms. The van der Waals surface area contributed by atoms with Gasteiger partial charge in [0.1, 0.15) is 28.9 Å². The summed E-state index contributed by atoms with van der Waals surface area (Å²) in [7, 11) is -2.45.